The summed E-state index contributed by atoms with van der Waals surface area (Å²) in [5.41, 5.74) is 9.22. The van der Waals surface area contributed by atoms with Gasteiger partial charge < -0.3 is 15.5 Å². The maximum Gasteiger partial charge on any atom is 0.308 e. The number of hydrogen-bond donors (Lipinski definition) is 2. The number of halogens is 1. The van der Waals surface area contributed by atoms with Crippen LogP contribution >= 0.6 is 23.7 Å². The van der Waals surface area contributed by atoms with Crippen molar-refractivity contribution in [1.82, 2.24) is 4.98 Å². The highest BCUT2D eigenvalue weighted by Gasteiger charge is 2.17. The van der Waals surface area contributed by atoms with Gasteiger partial charge >= 0.3 is 5.97 Å². The molecule has 0 saturated heterocycles. The number of nitrogens with one attached hydrogen (secondary N) is 1. The fourth-order valence-corrected chi connectivity index (χ4v) is 4.10. The molecule has 144 valence electrons. The molecule has 0 aliphatic heterocycles. The summed E-state index contributed by atoms with van der Waals surface area (Å²) in [7, 11) is 0. The summed E-state index contributed by atoms with van der Waals surface area (Å²) in [5, 5.41) is 3.60. The van der Waals surface area contributed by atoms with Crippen molar-refractivity contribution in [2.75, 3.05) is 0 Å². The first-order valence-corrected chi connectivity index (χ1v) is 9.44. The highest BCUT2D eigenvalue weighted by Crippen LogP contribution is 2.40. The van der Waals surface area contributed by atoms with Crippen LogP contribution in [0.5, 0.6) is 5.75 Å². The van der Waals surface area contributed by atoms with E-state index in [2.05, 4.69) is 4.98 Å². The number of rotatable bonds is 3. The predicted molar refractivity (Wildman–Crippen MR) is 117 cm³/mol. The molecule has 2 aromatic heterocycles. The van der Waals surface area contributed by atoms with Crippen LogP contribution in [0.2, 0.25) is 0 Å². The number of nitrogens with two attached hydrogens (primary N) is 1. The second-order valence-corrected chi connectivity index (χ2v) is 7.40. The molecule has 0 radical (unpaired) electrons. The number of fused-ring (bicyclic) bond motifs is 3. The van der Waals surface area contributed by atoms with Crippen molar-refractivity contribution >= 4 is 50.7 Å². The molecule has 28 heavy (non-hydrogen) atoms. The van der Waals surface area contributed by atoms with E-state index in [1.165, 1.54) is 18.3 Å². The maximum atomic E-state index is 12.3. The molecule has 3 N–H and O–H groups in total. The van der Waals surface area contributed by atoms with E-state index in [0.29, 0.717) is 16.0 Å². The van der Waals surface area contributed by atoms with Crippen molar-refractivity contribution < 1.29 is 9.53 Å². The molecule has 2 heterocycles. The number of carbonyl (C=O) groups excluding carboxylic acids is 1. The summed E-state index contributed by atoms with van der Waals surface area (Å²) >= 11 is 1.39. The lowest BCUT2D eigenvalue weighted by Gasteiger charge is -2.14. The number of H-pyrrole nitrogens is 1. The van der Waals surface area contributed by atoms with Gasteiger partial charge in [0, 0.05) is 34.8 Å². The molecule has 1 atom stereocenters. The van der Waals surface area contributed by atoms with Crippen molar-refractivity contribution in [3.63, 3.8) is 0 Å². The zero-order valence-electron chi connectivity index (χ0n) is 15.3. The average Bonchev–Trinajstić information content (AvgIpc) is 3.12. The minimum absolute atomic E-state index is 0. The number of aromatic amines is 1. The number of benzene rings is 2. The molecule has 0 spiro atoms. The van der Waals surface area contributed by atoms with E-state index in [9.17, 15) is 9.59 Å². The van der Waals surface area contributed by atoms with E-state index in [1.54, 1.807) is 12.1 Å². The van der Waals surface area contributed by atoms with Gasteiger partial charge in [0.05, 0.1) is 0 Å². The van der Waals surface area contributed by atoms with Gasteiger partial charge in [0.25, 0.3) is 5.56 Å². The maximum absolute atomic E-state index is 12.3. The molecular formula is C21H19ClN2O3S. The van der Waals surface area contributed by atoms with Gasteiger partial charge in [-0.3, -0.25) is 9.59 Å². The van der Waals surface area contributed by atoms with E-state index in [0.717, 1.165) is 27.5 Å². The predicted octanol–water partition coefficient (Wildman–Crippen LogP) is 4.78. The molecule has 0 bridgehead atoms. The van der Waals surface area contributed by atoms with E-state index >= 15 is 0 Å². The first-order valence-electron chi connectivity index (χ1n) is 8.56. The standard InChI is InChI=1S/C21H18N2O3S.ClH/c1-11(22)13-3-5-14(6-4-13)18-17(26-12(2)24)8-7-16-19(18)15-9-10-27-20(15)21(25)23-16;/h3-11H,22H2,1-2H3,(H,23,25);1H. The van der Waals surface area contributed by atoms with Crippen LogP contribution in [0.3, 0.4) is 0 Å². The lowest BCUT2D eigenvalue weighted by molar-refractivity contribution is -0.131. The number of thiophene rings is 1. The van der Waals surface area contributed by atoms with Gasteiger partial charge in [-0.1, -0.05) is 24.3 Å². The normalized spacial score (nSPS) is 12.0. The van der Waals surface area contributed by atoms with Crippen molar-refractivity contribution in [2.45, 2.75) is 19.9 Å². The SMILES string of the molecule is CC(=O)Oc1ccc2[nH]c(=O)c3sccc3c2c1-c1ccc(C(C)N)cc1.Cl. The number of hydrogen-bond acceptors (Lipinski definition) is 5. The first-order chi connectivity index (χ1) is 13.0. The van der Waals surface area contributed by atoms with Gasteiger partial charge in [-0.05, 0) is 41.6 Å². The Morgan fingerprint density at radius 3 is 2.50 bits per heavy atom. The molecule has 0 aliphatic carbocycles. The van der Waals surface area contributed by atoms with Crippen LogP contribution < -0.4 is 16.0 Å². The Bertz CT molecular complexity index is 1230. The topological polar surface area (TPSA) is 85.2 Å². The van der Waals surface area contributed by atoms with Crippen LogP contribution in [0.4, 0.5) is 0 Å². The van der Waals surface area contributed by atoms with Gasteiger partial charge in [-0.2, -0.15) is 0 Å². The molecule has 0 fully saturated rings. The summed E-state index contributed by atoms with van der Waals surface area (Å²) < 4.78 is 6.14. The van der Waals surface area contributed by atoms with Crippen LogP contribution in [0.15, 0.2) is 52.6 Å². The minimum atomic E-state index is -0.395. The van der Waals surface area contributed by atoms with Gasteiger partial charge in [-0.25, -0.2) is 0 Å². The molecule has 4 aromatic rings. The molecule has 0 saturated carbocycles. The molecular weight excluding hydrogens is 396 g/mol. The minimum Gasteiger partial charge on any atom is -0.426 e. The monoisotopic (exact) mass is 414 g/mol. The molecule has 2 aromatic carbocycles. The van der Waals surface area contributed by atoms with E-state index < -0.39 is 5.97 Å². The Kier molecular flexibility index (Phi) is 5.56. The van der Waals surface area contributed by atoms with Crippen molar-refractivity contribution in [1.29, 1.82) is 0 Å². The fraction of sp³-hybridized carbons (Fsp3) is 0.143. The van der Waals surface area contributed by atoms with Crippen LogP contribution in [0.25, 0.3) is 32.1 Å². The summed E-state index contributed by atoms with van der Waals surface area (Å²) in [4.78, 5) is 26.9. The summed E-state index contributed by atoms with van der Waals surface area (Å²) in [6, 6.07) is 13.2. The van der Waals surface area contributed by atoms with Crippen molar-refractivity contribution in [3.05, 3.63) is 63.8 Å². The lowest BCUT2D eigenvalue weighted by atomic mass is 9.95. The third kappa shape index (κ3) is 3.42. The van der Waals surface area contributed by atoms with Crippen LogP contribution in [-0.2, 0) is 4.79 Å². The summed E-state index contributed by atoms with van der Waals surface area (Å²) in [5.74, 6) is 0.0666. The number of carbonyl (C=O) groups is 1. The average molecular weight is 415 g/mol. The third-order valence-corrected chi connectivity index (χ3v) is 5.45. The third-order valence-electron chi connectivity index (χ3n) is 4.53. The number of aromatic nitrogens is 1. The smallest absolute Gasteiger partial charge is 0.308 e. The van der Waals surface area contributed by atoms with Crippen LogP contribution in [0.1, 0.15) is 25.5 Å². The summed E-state index contributed by atoms with van der Waals surface area (Å²) in [6.45, 7) is 3.30. The van der Waals surface area contributed by atoms with Gasteiger partial charge in [0.2, 0.25) is 0 Å². The number of pyridine rings is 1. The molecule has 5 nitrogen and oxygen atoms in total. The van der Waals surface area contributed by atoms with E-state index in [-0.39, 0.29) is 24.0 Å². The van der Waals surface area contributed by atoms with Gasteiger partial charge in [-0.15, -0.1) is 23.7 Å². The highest BCUT2D eigenvalue weighted by atomic mass is 35.5. The largest absolute Gasteiger partial charge is 0.426 e. The molecule has 0 aliphatic rings. The number of ether oxygens (including phenoxy) is 1. The molecule has 7 heteroatoms. The first kappa shape index (κ1) is 20.1. The number of esters is 1. The molecule has 1 unspecified atom stereocenters. The zero-order chi connectivity index (χ0) is 19.1. The quantitative estimate of drug-likeness (QED) is 0.373. The molecule has 0 amide bonds. The van der Waals surface area contributed by atoms with Crippen LogP contribution in [-0.4, -0.2) is 11.0 Å². The van der Waals surface area contributed by atoms with Crippen molar-refractivity contribution in [2.24, 2.45) is 5.73 Å². The van der Waals surface area contributed by atoms with Gasteiger partial charge in [0.1, 0.15) is 10.4 Å². The Balaban J connectivity index is 0.00000225. The van der Waals surface area contributed by atoms with Gasteiger partial charge in [0.15, 0.2) is 0 Å². The highest BCUT2D eigenvalue weighted by molar-refractivity contribution is 7.17. The second-order valence-electron chi connectivity index (χ2n) is 6.48. The lowest BCUT2D eigenvalue weighted by Crippen LogP contribution is -2.07. The Morgan fingerprint density at radius 1 is 1.14 bits per heavy atom. The Hall–Kier alpha value is -2.67. The van der Waals surface area contributed by atoms with E-state index in [1.807, 2.05) is 42.6 Å². The zero-order valence-corrected chi connectivity index (χ0v) is 16.9. The summed E-state index contributed by atoms with van der Waals surface area (Å²) in [6.07, 6.45) is 0. The Labute approximate surface area is 171 Å². The second kappa shape index (κ2) is 7.75. The van der Waals surface area contributed by atoms with Crippen LogP contribution in [0, 0.1) is 0 Å². The fourth-order valence-electron chi connectivity index (χ4n) is 3.31. The van der Waals surface area contributed by atoms with E-state index in [4.69, 9.17) is 10.5 Å². The molecule has 4 rings (SSSR count). The Morgan fingerprint density at radius 2 is 1.86 bits per heavy atom. The van der Waals surface area contributed by atoms with Crippen molar-refractivity contribution in [3.8, 4) is 16.9 Å².